The molecule has 0 amide bonds. The van der Waals surface area contributed by atoms with Crippen molar-refractivity contribution in [2.45, 2.75) is 0 Å². The molecular formula is C52H32N4. The molecule has 0 N–H and O–H groups in total. The van der Waals surface area contributed by atoms with Gasteiger partial charge in [0.1, 0.15) is 0 Å². The molecule has 0 aliphatic heterocycles. The van der Waals surface area contributed by atoms with Gasteiger partial charge in [-0.15, -0.1) is 0 Å². The second kappa shape index (κ2) is 13.1. The summed E-state index contributed by atoms with van der Waals surface area (Å²) in [4.78, 5) is 20.7. The van der Waals surface area contributed by atoms with E-state index in [1.165, 1.54) is 21.5 Å². The molecule has 0 aliphatic carbocycles. The maximum absolute atomic E-state index is 5.40. The van der Waals surface area contributed by atoms with Crippen molar-refractivity contribution in [2.75, 3.05) is 0 Å². The van der Waals surface area contributed by atoms with Gasteiger partial charge in [0.2, 0.25) is 0 Å². The maximum atomic E-state index is 5.40. The van der Waals surface area contributed by atoms with Crippen LogP contribution in [0.3, 0.4) is 0 Å². The largest absolute Gasteiger partial charge is 0.252 e. The molecule has 4 nitrogen and oxygen atoms in total. The van der Waals surface area contributed by atoms with Crippen LogP contribution < -0.4 is 0 Å². The van der Waals surface area contributed by atoms with E-state index >= 15 is 0 Å². The number of benzene rings is 9. The van der Waals surface area contributed by atoms with Crippen LogP contribution in [0.1, 0.15) is 0 Å². The van der Waals surface area contributed by atoms with Crippen LogP contribution in [0.5, 0.6) is 0 Å². The summed E-state index contributed by atoms with van der Waals surface area (Å²) in [7, 11) is 0. The lowest BCUT2D eigenvalue weighted by Gasteiger charge is -2.16. The first kappa shape index (κ1) is 31.9. The second-order valence-corrected chi connectivity index (χ2v) is 14.3. The van der Waals surface area contributed by atoms with Crippen LogP contribution in [0.2, 0.25) is 0 Å². The van der Waals surface area contributed by atoms with Crippen molar-refractivity contribution in [3.63, 3.8) is 0 Å². The van der Waals surface area contributed by atoms with Gasteiger partial charge in [0.05, 0.1) is 34.1 Å². The summed E-state index contributed by atoms with van der Waals surface area (Å²) in [5.74, 6) is 0.675. The molecule has 0 saturated heterocycles. The van der Waals surface area contributed by atoms with Gasteiger partial charge in [0.15, 0.2) is 5.82 Å². The summed E-state index contributed by atoms with van der Waals surface area (Å²) >= 11 is 0. The highest BCUT2D eigenvalue weighted by Gasteiger charge is 2.18. The van der Waals surface area contributed by atoms with Crippen molar-refractivity contribution >= 4 is 54.3 Å². The topological polar surface area (TPSA) is 51.6 Å². The Balaban J connectivity index is 1.17. The van der Waals surface area contributed by atoms with Crippen LogP contribution in [0.25, 0.3) is 110 Å². The highest BCUT2D eigenvalue weighted by molar-refractivity contribution is 6.14. The van der Waals surface area contributed by atoms with Gasteiger partial charge in [-0.2, -0.15) is 0 Å². The van der Waals surface area contributed by atoms with E-state index in [1.807, 2.05) is 30.5 Å². The molecule has 0 aliphatic rings. The molecule has 2 aromatic heterocycles. The van der Waals surface area contributed by atoms with Crippen molar-refractivity contribution in [2.24, 2.45) is 0 Å². The Bertz CT molecular complexity index is 3300. The fourth-order valence-corrected chi connectivity index (χ4v) is 8.12. The zero-order chi connectivity index (χ0) is 37.0. The lowest BCUT2D eigenvalue weighted by atomic mass is 9.90. The molecule has 0 atom stereocenters. The van der Waals surface area contributed by atoms with Gasteiger partial charge in [-0.25, -0.2) is 15.0 Å². The van der Waals surface area contributed by atoms with Gasteiger partial charge < -0.3 is 0 Å². The van der Waals surface area contributed by atoms with E-state index in [0.29, 0.717) is 5.82 Å². The first-order chi connectivity index (χ1) is 27.7. The molecule has 9 aromatic carbocycles. The Morgan fingerprint density at radius 3 is 1.80 bits per heavy atom. The van der Waals surface area contributed by atoms with E-state index in [9.17, 15) is 0 Å². The lowest BCUT2D eigenvalue weighted by Crippen LogP contribution is -1.97. The zero-order valence-electron chi connectivity index (χ0n) is 30.3. The van der Waals surface area contributed by atoms with Crippen LogP contribution >= 0.6 is 0 Å². The lowest BCUT2D eigenvalue weighted by molar-refractivity contribution is 1.23. The second-order valence-electron chi connectivity index (χ2n) is 14.3. The molecular weight excluding hydrogens is 681 g/mol. The normalized spacial score (nSPS) is 11.6. The van der Waals surface area contributed by atoms with E-state index in [1.54, 1.807) is 0 Å². The Labute approximate surface area is 323 Å². The minimum absolute atomic E-state index is 0.675. The number of hydrogen-bond acceptors (Lipinski definition) is 4. The predicted octanol–water partition coefficient (Wildman–Crippen LogP) is 13.4. The van der Waals surface area contributed by atoms with Crippen LogP contribution in [0.4, 0.5) is 0 Å². The van der Waals surface area contributed by atoms with E-state index in [2.05, 4.69) is 164 Å². The third-order valence-electron chi connectivity index (χ3n) is 10.9. The van der Waals surface area contributed by atoms with E-state index in [4.69, 9.17) is 19.9 Å². The van der Waals surface area contributed by atoms with Gasteiger partial charge in [-0.3, -0.25) is 4.98 Å². The quantitative estimate of drug-likeness (QED) is 0.167. The summed E-state index contributed by atoms with van der Waals surface area (Å²) in [6.45, 7) is 0. The van der Waals surface area contributed by atoms with Crippen molar-refractivity contribution in [3.05, 3.63) is 194 Å². The third kappa shape index (κ3) is 5.47. The smallest absolute Gasteiger partial charge is 0.160 e. The maximum Gasteiger partial charge on any atom is 0.160 e. The van der Waals surface area contributed by atoms with Crippen molar-refractivity contribution < 1.29 is 0 Å². The van der Waals surface area contributed by atoms with Crippen molar-refractivity contribution in [1.82, 2.24) is 19.9 Å². The van der Waals surface area contributed by atoms with Crippen molar-refractivity contribution in [3.8, 4) is 56.2 Å². The summed E-state index contributed by atoms with van der Waals surface area (Å²) in [6.07, 6.45) is 1.86. The summed E-state index contributed by atoms with van der Waals surface area (Å²) in [5.41, 5.74) is 11.8. The summed E-state index contributed by atoms with van der Waals surface area (Å²) in [6, 6.07) is 66.2. The molecule has 11 rings (SSSR count). The van der Waals surface area contributed by atoms with Gasteiger partial charge in [-0.1, -0.05) is 146 Å². The minimum atomic E-state index is 0.675. The zero-order valence-corrected chi connectivity index (χ0v) is 30.3. The van der Waals surface area contributed by atoms with Crippen molar-refractivity contribution in [1.29, 1.82) is 0 Å². The minimum Gasteiger partial charge on any atom is -0.252 e. The SMILES string of the molecule is c1ccc(-c2cnc3cc(-c4cc(-c5nc(-c6ccccc6)c6ccc7ccccc7c6n5)cc(-c5cc6ccccc6c6ccccc56)c4)ccc3n2)cc1. The molecule has 0 bridgehead atoms. The number of rotatable bonds is 5. The summed E-state index contributed by atoms with van der Waals surface area (Å²) < 4.78 is 0. The van der Waals surface area contributed by atoms with Gasteiger partial charge >= 0.3 is 0 Å². The molecule has 0 fully saturated rings. The average molecular weight is 713 g/mol. The Hall–Kier alpha value is -7.56. The first-order valence-corrected chi connectivity index (χ1v) is 18.9. The number of aromatic nitrogens is 4. The molecule has 0 radical (unpaired) electrons. The van der Waals surface area contributed by atoms with Crippen LogP contribution in [0.15, 0.2) is 194 Å². The fraction of sp³-hybridized carbons (Fsp3) is 0. The molecule has 260 valence electrons. The Morgan fingerprint density at radius 2 is 0.982 bits per heavy atom. The first-order valence-electron chi connectivity index (χ1n) is 18.9. The Kier molecular flexibility index (Phi) is 7.46. The highest BCUT2D eigenvalue weighted by Crippen LogP contribution is 2.40. The highest BCUT2D eigenvalue weighted by atomic mass is 14.9. The number of fused-ring (bicyclic) bond motifs is 7. The molecule has 2 heterocycles. The van der Waals surface area contributed by atoms with Crippen LogP contribution in [0, 0.1) is 0 Å². The van der Waals surface area contributed by atoms with Crippen LogP contribution in [-0.4, -0.2) is 19.9 Å². The number of hydrogen-bond donors (Lipinski definition) is 0. The monoisotopic (exact) mass is 712 g/mol. The molecule has 4 heteroatoms. The fourth-order valence-electron chi connectivity index (χ4n) is 8.12. The Morgan fingerprint density at radius 1 is 0.321 bits per heavy atom. The van der Waals surface area contributed by atoms with E-state index in [0.717, 1.165) is 83.0 Å². The van der Waals surface area contributed by atoms with E-state index in [-0.39, 0.29) is 0 Å². The van der Waals surface area contributed by atoms with Gasteiger partial charge in [0, 0.05) is 27.5 Å². The molecule has 0 saturated carbocycles. The molecule has 0 unspecified atom stereocenters. The number of nitrogens with zero attached hydrogens (tertiary/aromatic N) is 4. The van der Waals surface area contributed by atoms with Gasteiger partial charge in [0.25, 0.3) is 0 Å². The van der Waals surface area contributed by atoms with Crippen LogP contribution in [-0.2, 0) is 0 Å². The predicted molar refractivity (Wildman–Crippen MR) is 232 cm³/mol. The third-order valence-corrected chi connectivity index (χ3v) is 10.9. The molecule has 56 heavy (non-hydrogen) atoms. The van der Waals surface area contributed by atoms with E-state index < -0.39 is 0 Å². The molecule has 0 spiro atoms. The molecule has 11 aromatic rings. The summed E-state index contributed by atoms with van der Waals surface area (Å²) in [5, 5.41) is 8.13. The standard InChI is InChI=1S/C52H32N4/c1-3-14-34(15-4-1)49-32-53-48-31-36(24-26-47(48)54-49)38-27-39(46-30-37-18-8-9-19-41(37)43-21-11-12-22-44(43)46)29-40(28-38)52-55-50(35-16-5-2-6-17-35)45-25-23-33-13-7-10-20-42(33)51(45)56-52/h1-32H. The van der Waals surface area contributed by atoms with Gasteiger partial charge in [-0.05, 0) is 91.6 Å². The average Bonchev–Trinajstić information content (AvgIpc) is 3.28.